The Bertz CT molecular complexity index is 602. The minimum atomic E-state index is -0.575. The smallest absolute Gasteiger partial charge is 0.292 e. The predicted octanol–water partition coefficient (Wildman–Crippen LogP) is 3.06. The Hall–Kier alpha value is -2.63. The number of nitrogens with one attached hydrogen (secondary N) is 1. The third-order valence-electron chi connectivity index (χ3n) is 2.32. The van der Waals surface area contributed by atoms with Crippen molar-refractivity contribution in [2.24, 2.45) is 0 Å². The number of nitro benzene ring substituents is 1. The van der Waals surface area contributed by atoms with Gasteiger partial charge in [0.2, 0.25) is 0 Å². The number of halogens is 1. The Morgan fingerprint density at radius 2 is 2.00 bits per heavy atom. The molecular weight excluding hydrogens is 237 g/mol. The molecule has 0 aliphatic heterocycles. The molecule has 3 N–H and O–H groups in total. The van der Waals surface area contributed by atoms with Gasteiger partial charge in [0.1, 0.15) is 11.5 Å². The summed E-state index contributed by atoms with van der Waals surface area (Å²) in [5.41, 5.74) is 6.56. The first-order chi connectivity index (χ1) is 8.56. The molecule has 0 saturated heterocycles. The maximum Gasteiger partial charge on any atom is 0.292 e. The van der Waals surface area contributed by atoms with Gasteiger partial charge in [0.15, 0.2) is 0 Å². The molecule has 2 rings (SSSR count). The minimum Gasteiger partial charge on any atom is -0.399 e. The maximum absolute atomic E-state index is 13.1. The van der Waals surface area contributed by atoms with Gasteiger partial charge in [0.25, 0.3) is 5.69 Å². The molecule has 0 atom stereocenters. The van der Waals surface area contributed by atoms with Crippen LogP contribution in [0.3, 0.4) is 0 Å². The van der Waals surface area contributed by atoms with E-state index in [1.165, 1.54) is 0 Å². The molecule has 0 amide bonds. The second kappa shape index (κ2) is 4.70. The van der Waals surface area contributed by atoms with Crippen LogP contribution in [-0.4, -0.2) is 4.92 Å². The number of nitrogens with zero attached hydrogens (tertiary/aromatic N) is 1. The average molecular weight is 247 g/mol. The summed E-state index contributed by atoms with van der Waals surface area (Å²) in [4.78, 5) is 10.2. The lowest BCUT2D eigenvalue weighted by atomic mass is 10.2. The third kappa shape index (κ3) is 2.54. The van der Waals surface area contributed by atoms with Crippen LogP contribution in [0.2, 0.25) is 0 Å². The number of rotatable bonds is 3. The number of hydrogen-bond donors (Lipinski definition) is 2. The van der Waals surface area contributed by atoms with E-state index in [1.807, 2.05) is 0 Å². The van der Waals surface area contributed by atoms with Gasteiger partial charge in [-0.3, -0.25) is 10.1 Å². The van der Waals surface area contributed by atoms with Gasteiger partial charge in [0, 0.05) is 23.5 Å². The molecule has 0 bridgehead atoms. The van der Waals surface area contributed by atoms with Crippen LogP contribution in [0, 0.1) is 15.9 Å². The van der Waals surface area contributed by atoms with E-state index >= 15 is 0 Å². The summed E-state index contributed by atoms with van der Waals surface area (Å²) in [6, 6.07) is 9.90. The highest BCUT2D eigenvalue weighted by molar-refractivity contribution is 5.71. The zero-order valence-electron chi connectivity index (χ0n) is 9.26. The Kier molecular flexibility index (Phi) is 3.09. The monoisotopic (exact) mass is 247 g/mol. The molecule has 0 aliphatic rings. The van der Waals surface area contributed by atoms with E-state index < -0.39 is 10.7 Å². The summed E-state index contributed by atoms with van der Waals surface area (Å²) in [7, 11) is 0. The number of nitro groups is 1. The van der Waals surface area contributed by atoms with E-state index in [4.69, 9.17) is 5.73 Å². The number of nitrogens with two attached hydrogens (primary N) is 1. The van der Waals surface area contributed by atoms with Crippen LogP contribution in [0.5, 0.6) is 0 Å². The first-order valence-electron chi connectivity index (χ1n) is 5.13. The van der Waals surface area contributed by atoms with Crippen molar-refractivity contribution in [1.29, 1.82) is 0 Å². The lowest BCUT2D eigenvalue weighted by Gasteiger charge is -2.07. The molecule has 0 fully saturated rings. The van der Waals surface area contributed by atoms with Crippen molar-refractivity contribution in [3.8, 4) is 0 Å². The fourth-order valence-corrected chi connectivity index (χ4v) is 1.54. The quantitative estimate of drug-likeness (QED) is 0.496. The van der Waals surface area contributed by atoms with Crippen molar-refractivity contribution in [3.05, 3.63) is 58.4 Å². The van der Waals surface area contributed by atoms with Crippen LogP contribution in [-0.2, 0) is 0 Å². The van der Waals surface area contributed by atoms with Crippen molar-refractivity contribution in [3.63, 3.8) is 0 Å². The normalized spacial score (nSPS) is 10.1. The second-order valence-electron chi connectivity index (χ2n) is 3.67. The Morgan fingerprint density at radius 3 is 2.67 bits per heavy atom. The lowest BCUT2D eigenvalue weighted by molar-refractivity contribution is -0.384. The van der Waals surface area contributed by atoms with Crippen molar-refractivity contribution in [2.45, 2.75) is 0 Å². The molecule has 0 radical (unpaired) electrons. The number of hydrogen-bond acceptors (Lipinski definition) is 4. The van der Waals surface area contributed by atoms with Gasteiger partial charge in [-0.05, 0) is 24.3 Å². The van der Waals surface area contributed by atoms with E-state index in [-0.39, 0.29) is 11.4 Å². The van der Waals surface area contributed by atoms with Crippen LogP contribution < -0.4 is 11.1 Å². The van der Waals surface area contributed by atoms with Gasteiger partial charge in [0.05, 0.1) is 4.92 Å². The molecule has 5 nitrogen and oxygen atoms in total. The van der Waals surface area contributed by atoms with Crippen LogP contribution in [0.15, 0.2) is 42.5 Å². The summed E-state index contributed by atoms with van der Waals surface area (Å²) in [6.07, 6.45) is 0. The van der Waals surface area contributed by atoms with E-state index in [0.717, 1.165) is 18.2 Å². The Balaban J connectivity index is 2.39. The number of benzene rings is 2. The van der Waals surface area contributed by atoms with Crippen LogP contribution in [0.25, 0.3) is 0 Å². The molecule has 92 valence electrons. The maximum atomic E-state index is 13.1. The molecular formula is C12H10FN3O2. The first kappa shape index (κ1) is 11.8. The van der Waals surface area contributed by atoms with Crippen LogP contribution in [0.4, 0.5) is 27.1 Å². The van der Waals surface area contributed by atoms with E-state index in [0.29, 0.717) is 11.4 Å². The van der Waals surface area contributed by atoms with Gasteiger partial charge >= 0.3 is 0 Å². The predicted molar refractivity (Wildman–Crippen MR) is 67.2 cm³/mol. The molecule has 0 aromatic heterocycles. The third-order valence-corrected chi connectivity index (χ3v) is 2.32. The van der Waals surface area contributed by atoms with Gasteiger partial charge in [-0.15, -0.1) is 0 Å². The molecule has 0 aliphatic carbocycles. The van der Waals surface area contributed by atoms with Crippen LogP contribution in [0.1, 0.15) is 0 Å². The molecule has 2 aromatic carbocycles. The van der Waals surface area contributed by atoms with Crippen molar-refractivity contribution < 1.29 is 9.31 Å². The van der Waals surface area contributed by atoms with Crippen molar-refractivity contribution in [1.82, 2.24) is 0 Å². The SMILES string of the molecule is Nc1cccc(Nc2cc(F)ccc2[N+](=O)[O-])c1. The Labute approximate surface area is 102 Å². The Morgan fingerprint density at radius 1 is 1.22 bits per heavy atom. The highest BCUT2D eigenvalue weighted by atomic mass is 19.1. The van der Waals surface area contributed by atoms with Gasteiger partial charge in [-0.1, -0.05) is 6.07 Å². The average Bonchev–Trinajstić information content (AvgIpc) is 2.28. The fourth-order valence-electron chi connectivity index (χ4n) is 1.54. The molecule has 0 heterocycles. The summed E-state index contributed by atoms with van der Waals surface area (Å²) in [5, 5.41) is 13.6. The van der Waals surface area contributed by atoms with E-state index in [1.54, 1.807) is 24.3 Å². The van der Waals surface area contributed by atoms with E-state index in [2.05, 4.69) is 5.32 Å². The largest absolute Gasteiger partial charge is 0.399 e. The van der Waals surface area contributed by atoms with Crippen LogP contribution >= 0.6 is 0 Å². The fraction of sp³-hybridized carbons (Fsp3) is 0. The summed E-state index contributed by atoms with van der Waals surface area (Å²) < 4.78 is 13.1. The molecule has 0 saturated carbocycles. The molecule has 6 heteroatoms. The minimum absolute atomic E-state index is 0.0885. The summed E-state index contributed by atoms with van der Waals surface area (Å²) >= 11 is 0. The van der Waals surface area contributed by atoms with E-state index in [9.17, 15) is 14.5 Å². The molecule has 0 unspecified atom stereocenters. The van der Waals surface area contributed by atoms with Gasteiger partial charge in [-0.2, -0.15) is 0 Å². The topological polar surface area (TPSA) is 81.2 Å². The first-order valence-corrected chi connectivity index (χ1v) is 5.13. The molecule has 0 spiro atoms. The van der Waals surface area contributed by atoms with Gasteiger partial charge < -0.3 is 11.1 Å². The highest BCUT2D eigenvalue weighted by Crippen LogP contribution is 2.28. The van der Waals surface area contributed by atoms with Gasteiger partial charge in [-0.25, -0.2) is 4.39 Å². The lowest BCUT2D eigenvalue weighted by Crippen LogP contribution is -1.98. The number of nitrogen functional groups attached to an aromatic ring is 1. The van der Waals surface area contributed by atoms with Crippen molar-refractivity contribution >= 4 is 22.7 Å². The summed E-state index contributed by atoms with van der Waals surface area (Å²) in [5.74, 6) is -0.549. The highest BCUT2D eigenvalue weighted by Gasteiger charge is 2.14. The van der Waals surface area contributed by atoms with Crippen molar-refractivity contribution in [2.75, 3.05) is 11.1 Å². The second-order valence-corrected chi connectivity index (χ2v) is 3.67. The number of anilines is 3. The standard InChI is InChI=1S/C12H10FN3O2/c13-8-4-5-12(16(17)18)11(6-8)15-10-3-1-2-9(14)7-10/h1-7,15H,14H2. The zero-order valence-corrected chi connectivity index (χ0v) is 9.26. The summed E-state index contributed by atoms with van der Waals surface area (Å²) in [6.45, 7) is 0. The zero-order chi connectivity index (χ0) is 13.1. The molecule has 2 aromatic rings. The molecule has 18 heavy (non-hydrogen) atoms.